The predicted molar refractivity (Wildman–Crippen MR) is 143 cm³/mol. The number of hydrogen-bond acceptors (Lipinski definition) is 10. The van der Waals surface area contributed by atoms with Gasteiger partial charge in [0, 0.05) is 41.8 Å². The zero-order valence-corrected chi connectivity index (χ0v) is 19.7. The summed E-state index contributed by atoms with van der Waals surface area (Å²) in [6, 6.07) is 17.1. The van der Waals surface area contributed by atoms with Gasteiger partial charge in [0.1, 0.15) is 24.7 Å². The number of carbonyl (C=O) groups excluding carboxylic acids is 1. The minimum Gasteiger partial charge on any atom is -0.490 e. The van der Waals surface area contributed by atoms with Crippen LogP contribution in [0.25, 0.3) is 0 Å². The monoisotopic (exact) mass is 485 g/mol. The topological polar surface area (TPSA) is 224 Å². The molecule has 0 fully saturated rings. The average molecular weight is 486 g/mol. The zero-order valence-electron chi connectivity index (χ0n) is 19.7. The number of carbonyl (C=O) groups is 1. The lowest BCUT2D eigenvalue weighted by atomic mass is 10.2. The second-order valence-corrected chi connectivity index (χ2v) is 7.16. The summed E-state index contributed by atoms with van der Waals surface area (Å²) in [6.45, 7) is 2.47. The van der Waals surface area contributed by atoms with Gasteiger partial charge in [-0.15, -0.1) is 0 Å². The molecule has 3 rings (SSSR count). The number of hydrogen-bond donors (Lipinski definition) is 8. The van der Waals surface area contributed by atoms with Crippen molar-refractivity contribution in [3.63, 3.8) is 0 Å². The first-order valence-corrected chi connectivity index (χ1v) is 10.6. The predicted octanol–water partition coefficient (Wildman–Crippen LogP) is 1.44. The van der Waals surface area contributed by atoms with E-state index in [9.17, 15) is 4.79 Å². The van der Waals surface area contributed by atoms with Crippen LogP contribution in [0.15, 0.2) is 60.7 Å². The van der Waals surface area contributed by atoms with Gasteiger partial charge in [0.05, 0.1) is 24.5 Å². The molecular formula is C24H35N7O4. The van der Waals surface area contributed by atoms with E-state index in [1.54, 1.807) is 60.7 Å². The summed E-state index contributed by atoms with van der Waals surface area (Å²) in [5.41, 5.74) is 36.8. The Labute approximate surface area is 205 Å². The lowest BCUT2D eigenvalue weighted by Gasteiger charge is -2.09. The van der Waals surface area contributed by atoms with E-state index in [1.807, 2.05) is 0 Å². The van der Waals surface area contributed by atoms with Crippen LogP contribution < -0.4 is 49.2 Å². The van der Waals surface area contributed by atoms with E-state index in [4.69, 9.17) is 49.0 Å². The van der Waals surface area contributed by atoms with Crippen LogP contribution in [-0.4, -0.2) is 37.4 Å². The number of benzene rings is 3. The van der Waals surface area contributed by atoms with Crippen molar-refractivity contribution < 1.29 is 19.4 Å². The average Bonchev–Trinajstić information content (AvgIpc) is 2.82. The third-order valence-electron chi connectivity index (χ3n) is 4.09. The van der Waals surface area contributed by atoms with Crippen LogP contribution in [0.4, 0.5) is 34.1 Å². The molecule has 1 amide bonds. The van der Waals surface area contributed by atoms with Crippen molar-refractivity contribution in [3.8, 4) is 11.5 Å². The Morgan fingerprint density at radius 1 is 0.714 bits per heavy atom. The molecule has 11 nitrogen and oxygen atoms in total. The van der Waals surface area contributed by atoms with Crippen molar-refractivity contribution in [2.75, 3.05) is 60.8 Å². The zero-order chi connectivity index (χ0) is 26.2. The summed E-state index contributed by atoms with van der Waals surface area (Å²) in [5.74, 6) is 0.976. The van der Waals surface area contributed by atoms with Crippen LogP contribution in [0.1, 0.15) is 6.92 Å². The Morgan fingerprint density at radius 2 is 1.11 bits per heavy atom. The summed E-state index contributed by atoms with van der Waals surface area (Å²) in [4.78, 5) is 10.6. The third kappa shape index (κ3) is 12.3. The lowest BCUT2D eigenvalue weighted by molar-refractivity contribution is -0.119. The quantitative estimate of drug-likeness (QED) is 0.177. The van der Waals surface area contributed by atoms with Gasteiger partial charge in [-0.25, -0.2) is 0 Å². The number of aliphatic hydroxyl groups is 1. The lowest BCUT2D eigenvalue weighted by Crippen LogP contribution is -2.25. The number of aliphatic hydroxyl groups excluding tert-OH is 1. The van der Waals surface area contributed by atoms with Crippen LogP contribution in [0, 0.1) is 0 Å². The Bertz CT molecular complexity index is 1030. The van der Waals surface area contributed by atoms with Gasteiger partial charge in [-0.3, -0.25) is 4.79 Å². The smallest absolute Gasteiger partial charge is 0.216 e. The maximum absolute atomic E-state index is 10.6. The second-order valence-electron chi connectivity index (χ2n) is 7.16. The van der Waals surface area contributed by atoms with E-state index in [1.165, 1.54) is 6.92 Å². The fraction of sp³-hybridized carbons (Fsp3) is 0.208. The van der Waals surface area contributed by atoms with E-state index in [-0.39, 0.29) is 19.1 Å². The van der Waals surface area contributed by atoms with E-state index >= 15 is 0 Å². The molecule has 0 bridgehead atoms. The normalized spacial score (nSPS) is 9.54. The minimum atomic E-state index is -0.0841. The first-order valence-electron chi connectivity index (χ1n) is 10.6. The first kappa shape index (κ1) is 28.5. The third-order valence-corrected chi connectivity index (χ3v) is 4.09. The van der Waals surface area contributed by atoms with Crippen LogP contribution >= 0.6 is 0 Å². The molecule has 0 heterocycles. The van der Waals surface area contributed by atoms with Crippen LogP contribution in [0.2, 0.25) is 0 Å². The van der Waals surface area contributed by atoms with Crippen molar-refractivity contribution in [3.05, 3.63) is 60.7 Å². The van der Waals surface area contributed by atoms with Crippen LogP contribution in [0.5, 0.6) is 11.5 Å². The molecule has 0 aliphatic rings. The van der Waals surface area contributed by atoms with Crippen molar-refractivity contribution in [1.82, 2.24) is 5.32 Å². The Hall–Kier alpha value is -4.51. The number of anilines is 6. The Kier molecular flexibility index (Phi) is 12.5. The van der Waals surface area contributed by atoms with Gasteiger partial charge in [-0.1, -0.05) is 0 Å². The highest BCUT2D eigenvalue weighted by Gasteiger charge is 2.01. The Balaban J connectivity index is 0.000000274. The molecule has 0 aromatic heterocycles. The molecule has 190 valence electrons. The summed E-state index contributed by atoms with van der Waals surface area (Å²) >= 11 is 0. The summed E-state index contributed by atoms with van der Waals surface area (Å²) in [6.07, 6.45) is 0. The summed E-state index contributed by atoms with van der Waals surface area (Å²) in [5, 5.41) is 11.1. The van der Waals surface area contributed by atoms with E-state index < -0.39 is 0 Å². The molecule has 0 radical (unpaired) electrons. The molecule has 0 saturated heterocycles. The summed E-state index contributed by atoms with van der Waals surface area (Å²) in [7, 11) is 0. The number of nitrogens with one attached hydrogen (secondary N) is 1. The fourth-order valence-electron chi connectivity index (χ4n) is 2.39. The molecule has 0 saturated carbocycles. The van der Waals surface area contributed by atoms with Crippen LogP contribution in [-0.2, 0) is 4.79 Å². The molecular weight excluding hydrogens is 450 g/mol. The molecule has 14 N–H and O–H groups in total. The largest absolute Gasteiger partial charge is 0.490 e. The number of rotatable bonds is 7. The van der Waals surface area contributed by atoms with E-state index in [0.717, 1.165) is 11.4 Å². The van der Waals surface area contributed by atoms with Gasteiger partial charge in [-0.2, -0.15) is 0 Å². The number of amides is 1. The highest BCUT2D eigenvalue weighted by molar-refractivity contribution is 5.72. The molecule has 0 atom stereocenters. The van der Waals surface area contributed by atoms with Gasteiger partial charge in [0.15, 0.2) is 0 Å². The van der Waals surface area contributed by atoms with E-state index in [0.29, 0.717) is 47.4 Å². The van der Waals surface area contributed by atoms with Gasteiger partial charge < -0.3 is 54.3 Å². The molecule has 0 spiro atoms. The van der Waals surface area contributed by atoms with Gasteiger partial charge in [0.2, 0.25) is 5.91 Å². The van der Waals surface area contributed by atoms with E-state index in [2.05, 4.69) is 5.32 Å². The molecule has 0 aliphatic heterocycles. The van der Waals surface area contributed by atoms with Gasteiger partial charge >= 0.3 is 0 Å². The molecule has 3 aromatic rings. The van der Waals surface area contributed by atoms with Crippen LogP contribution in [0.3, 0.4) is 0 Å². The number of ether oxygens (including phenoxy) is 2. The second kappa shape index (κ2) is 15.3. The SMILES string of the molecule is CC(=O)NCCOc1cc(N)ccc1N.Nc1ccc(N)c(OCCO)c1.Nc1ccc(N)cc1. The molecule has 0 unspecified atom stereocenters. The molecule has 11 heteroatoms. The molecule has 3 aromatic carbocycles. The maximum atomic E-state index is 10.6. The van der Waals surface area contributed by atoms with Crippen molar-refractivity contribution in [2.45, 2.75) is 6.92 Å². The van der Waals surface area contributed by atoms with Gasteiger partial charge in [-0.05, 0) is 48.5 Å². The van der Waals surface area contributed by atoms with Crippen molar-refractivity contribution >= 4 is 40.0 Å². The number of nitrogen functional groups attached to an aromatic ring is 6. The molecule has 35 heavy (non-hydrogen) atoms. The fourth-order valence-corrected chi connectivity index (χ4v) is 2.39. The highest BCUT2D eigenvalue weighted by Crippen LogP contribution is 2.24. The summed E-state index contributed by atoms with van der Waals surface area (Å²) < 4.78 is 10.5. The minimum absolute atomic E-state index is 0.0335. The highest BCUT2D eigenvalue weighted by atomic mass is 16.5. The first-order chi connectivity index (χ1) is 16.6. The van der Waals surface area contributed by atoms with Crippen molar-refractivity contribution in [1.29, 1.82) is 0 Å². The van der Waals surface area contributed by atoms with Gasteiger partial charge in [0.25, 0.3) is 0 Å². The Morgan fingerprint density at radius 3 is 1.51 bits per heavy atom. The van der Waals surface area contributed by atoms with Crippen molar-refractivity contribution in [2.24, 2.45) is 0 Å². The standard InChI is InChI=1S/C10H15N3O2.C8H12N2O2.C6H8N2/c1-7(14)13-4-5-15-10-6-8(11)2-3-9(10)12;9-6-1-2-7(10)8(5-6)12-4-3-11;7-5-1-2-6(8)4-3-5/h2-3,6H,4-5,11-12H2,1H3,(H,13,14);1-2,5,11H,3-4,9-10H2;1-4H,7-8H2. The number of nitrogens with two attached hydrogens (primary N) is 6. The molecule has 0 aliphatic carbocycles. The maximum Gasteiger partial charge on any atom is 0.216 e.